The van der Waals surface area contributed by atoms with Gasteiger partial charge in [-0.3, -0.25) is 4.79 Å². The predicted molar refractivity (Wildman–Crippen MR) is 93.0 cm³/mol. The molecule has 1 N–H and O–H groups in total. The minimum Gasteiger partial charge on any atom is -0.481 e. The lowest BCUT2D eigenvalue weighted by atomic mass is 10.2. The number of carbonyl (C=O) groups is 2. The van der Waals surface area contributed by atoms with Crippen LogP contribution in [0.5, 0.6) is 5.75 Å². The van der Waals surface area contributed by atoms with Crippen molar-refractivity contribution in [3.8, 4) is 5.75 Å². The Morgan fingerprint density at radius 1 is 1.08 bits per heavy atom. The minimum absolute atomic E-state index is 0.170. The van der Waals surface area contributed by atoms with Crippen LogP contribution in [0, 0.1) is 0 Å². The summed E-state index contributed by atoms with van der Waals surface area (Å²) in [6, 6.07) is 11.2. The fourth-order valence-electron chi connectivity index (χ4n) is 1.88. The Morgan fingerprint density at radius 2 is 1.75 bits per heavy atom. The van der Waals surface area contributed by atoms with Crippen molar-refractivity contribution in [1.29, 1.82) is 0 Å². The van der Waals surface area contributed by atoms with Crippen LogP contribution >= 0.6 is 23.2 Å². The van der Waals surface area contributed by atoms with Crippen LogP contribution in [0.25, 0.3) is 0 Å². The van der Waals surface area contributed by atoms with Gasteiger partial charge in [-0.15, -0.1) is 0 Å². The van der Waals surface area contributed by atoms with Crippen LogP contribution in [0.15, 0.2) is 42.5 Å². The lowest BCUT2D eigenvalue weighted by molar-refractivity contribution is -0.122. The van der Waals surface area contributed by atoms with Gasteiger partial charge in [0.2, 0.25) is 0 Å². The summed E-state index contributed by atoms with van der Waals surface area (Å²) in [6.07, 6.45) is -0.747. The maximum Gasteiger partial charge on any atom is 0.339 e. The summed E-state index contributed by atoms with van der Waals surface area (Å²) in [5.74, 6) is -0.432. The van der Waals surface area contributed by atoms with Crippen molar-refractivity contribution in [2.45, 2.75) is 13.0 Å². The molecule has 0 aromatic heterocycles. The van der Waals surface area contributed by atoms with Crippen LogP contribution in [-0.2, 0) is 9.53 Å². The number of rotatable bonds is 5. The molecule has 0 aliphatic heterocycles. The highest BCUT2D eigenvalue weighted by Crippen LogP contribution is 2.22. The molecule has 0 spiro atoms. The van der Waals surface area contributed by atoms with Gasteiger partial charge >= 0.3 is 5.97 Å². The molecular formula is C17H15Cl2NO4. The van der Waals surface area contributed by atoms with Gasteiger partial charge in [0.25, 0.3) is 5.91 Å². The Morgan fingerprint density at radius 3 is 2.38 bits per heavy atom. The molecule has 0 bridgehead atoms. The fourth-order valence-corrected chi connectivity index (χ4v) is 2.20. The summed E-state index contributed by atoms with van der Waals surface area (Å²) in [6.45, 7) is 1.61. The van der Waals surface area contributed by atoms with Crippen molar-refractivity contribution >= 4 is 40.8 Å². The summed E-state index contributed by atoms with van der Waals surface area (Å²) < 4.78 is 10.2. The summed E-state index contributed by atoms with van der Waals surface area (Å²) in [7, 11) is 1.26. The number of amides is 1. The number of hydrogen-bond acceptors (Lipinski definition) is 4. The lowest BCUT2D eigenvalue weighted by Gasteiger charge is -2.15. The molecule has 126 valence electrons. The Kier molecular flexibility index (Phi) is 6.06. The van der Waals surface area contributed by atoms with Crippen molar-refractivity contribution in [2.75, 3.05) is 12.4 Å². The summed E-state index contributed by atoms with van der Waals surface area (Å²) >= 11 is 11.7. The van der Waals surface area contributed by atoms with E-state index in [-0.39, 0.29) is 16.5 Å². The number of methoxy groups -OCH3 is 1. The number of nitrogens with one attached hydrogen (secondary N) is 1. The Hall–Kier alpha value is -2.24. The zero-order chi connectivity index (χ0) is 17.7. The molecule has 0 radical (unpaired) electrons. The predicted octanol–water partition coefficient (Wildman–Crippen LogP) is 4.19. The molecule has 0 aliphatic carbocycles. The van der Waals surface area contributed by atoms with Gasteiger partial charge < -0.3 is 14.8 Å². The zero-order valence-corrected chi connectivity index (χ0v) is 14.5. The molecule has 0 saturated carbocycles. The molecule has 0 aliphatic rings. The SMILES string of the molecule is COC(=O)c1cc(NC(=O)[C@@H](C)Oc2ccc(Cl)cc2)ccc1Cl. The second-order valence-electron chi connectivity index (χ2n) is 4.89. The third kappa shape index (κ3) is 4.63. The molecule has 5 nitrogen and oxygen atoms in total. The molecule has 1 atom stereocenters. The van der Waals surface area contributed by atoms with E-state index < -0.39 is 12.1 Å². The van der Waals surface area contributed by atoms with Gasteiger partial charge in [-0.05, 0) is 49.4 Å². The highest BCUT2D eigenvalue weighted by atomic mass is 35.5. The molecule has 24 heavy (non-hydrogen) atoms. The molecule has 0 unspecified atom stereocenters. The van der Waals surface area contributed by atoms with Crippen LogP contribution in [0.1, 0.15) is 17.3 Å². The summed E-state index contributed by atoms with van der Waals surface area (Å²) in [5, 5.41) is 3.48. The average molecular weight is 368 g/mol. The number of carbonyl (C=O) groups excluding carboxylic acids is 2. The van der Waals surface area contributed by atoms with Crippen molar-refractivity contribution in [2.24, 2.45) is 0 Å². The second-order valence-corrected chi connectivity index (χ2v) is 5.73. The Labute approximate surface area is 149 Å². The first kappa shape index (κ1) is 18.1. The van der Waals surface area contributed by atoms with E-state index in [1.165, 1.54) is 19.2 Å². The third-order valence-corrected chi connectivity index (χ3v) is 3.72. The standard InChI is InChI=1S/C17H15Cl2NO4/c1-10(24-13-6-3-11(18)4-7-13)16(21)20-12-5-8-15(19)14(9-12)17(22)23-2/h3-10H,1-2H3,(H,20,21)/t10-/m1/s1. The maximum atomic E-state index is 12.2. The minimum atomic E-state index is -0.747. The van der Waals surface area contributed by atoms with Gasteiger partial charge in [0, 0.05) is 10.7 Å². The van der Waals surface area contributed by atoms with E-state index in [2.05, 4.69) is 10.1 Å². The quantitative estimate of drug-likeness (QED) is 0.804. The number of esters is 1. The van der Waals surface area contributed by atoms with E-state index >= 15 is 0 Å². The topological polar surface area (TPSA) is 64.6 Å². The van der Waals surface area contributed by atoms with E-state index in [0.717, 1.165) is 0 Å². The number of anilines is 1. The average Bonchev–Trinajstić information content (AvgIpc) is 2.57. The largest absolute Gasteiger partial charge is 0.481 e. The van der Waals surface area contributed by atoms with Gasteiger partial charge in [0.05, 0.1) is 17.7 Å². The first-order chi connectivity index (χ1) is 11.4. The highest BCUT2D eigenvalue weighted by Gasteiger charge is 2.17. The first-order valence-electron chi connectivity index (χ1n) is 7.01. The van der Waals surface area contributed by atoms with Gasteiger partial charge in [-0.2, -0.15) is 0 Å². The summed E-state index contributed by atoms with van der Waals surface area (Å²) in [4.78, 5) is 23.8. The van der Waals surface area contributed by atoms with Gasteiger partial charge in [-0.1, -0.05) is 23.2 Å². The van der Waals surface area contributed by atoms with Crippen LogP contribution < -0.4 is 10.1 Å². The van der Waals surface area contributed by atoms with Crippen LogP contribution in [0.4, 0.5) is 5.69 Å². The monoisotopic (exact) mass is 367 g/mol. The molecule has 2 aromatic rings. The number of benzene rings is 2. The van der Waals surface area contributed by atoms with Crippen LogP contribution in [0.2, 0.25) is 10.0 Å². The molecular weight excluding hydrogens is 353 g/mol. The molecule has 0 heterocycles. The lowest BCUT2D eigenvalue weighted by Crippen LogP contribution is -2.30. The molecule has 7 heteroatoms. The number of ether oxygens (including phenoxy) is 2. The smallest absolute Gasteiger partial charge is 0.339 e. The van der Waals surface area contributed by atoms with Gasteiger partial charge in [0.1, 0.15) is 5.75 Å². The van der Waals surface area contributed by atoms with E-state index in [4.69, 9.17) is 27.9 Å². The molecule has 2 aromatic carbocycles. The Balaban J connectivity index is 2.05. The number of halogens is 2. The highest BCUT2D eigenvalue weighted by molar-refractivity contribution is 6.33. The van der Waals surface area contributed by atoms with Crippen molar-refractivity contribution in [3.63, 3.8) is 0 Å². The normalized spacial score (nSPS) is 11.5. The fraction of sp³-hybridized carbons (Fsp3) is 0.176. The van der Waals surface area contributed by atoms with E-state index in [0.29, 0.717) is 16.5 Å². The molecule has 1 amide bonds. The maximum absolute atomic E-state index is 12.2. The van der Waals surface area contributed by atoms with Crippen molar-refractivity contribution in [1.82, 2.24) is 0 Å². The first-order valence-corrected chi connectivity index (χ1v) is 7.77. The van der Waals surface area contributed by atoms with Gasteiger partial charge in [-0.25, -0.2) is 4.79 Å². The third-order valence-electron chi connectivity index (χ3n) is 3.13. The summed E-state index contributed by atoms with van der Waals surface area (Å²) in [5.41, 5.74) is 0.583. The van der Waals surface area contributed by atoms with Crippen LogP contribution in [-0.4, -0.2) is 25.1 Å². The molecule has 0 fully saturated rings. The van der Waals surface area contributed by atoms with Crippen LogP contribution in [0.3, 0.4) is 0 Å². The van der Waals surface area contributed by atoms with E-state index in [1.54, 1.807) is 37.3 Å². The molecule has 0 saturated heterocycles. The van der Waals surface area contributed by atoms with Gasteiger partial charge in [0.15, 0.2) is 6.10 Å². The van der Waals surface area contributed by atoms with Crippen molar-refractivity contribution in [3.05, 3.63) is 58.1 Å². The van der Waals surface area contributed by atoms with E-state index in [1.807, 2.05) is 0 Å². The zero-order valence-electron chi connectivity index (χ0n) is 13.0. The Bertz CT molecular complexity index is 747. The van der Waals surface area contributed by atoms with E-state index in [9.17, 15) is 9.59 Å². The van der Waals surface area contributed by atoms with Crippen molar-refractivity contribution < 1.29 is 19.1 Å². The second kappa shape index (κ2) is 8.04. The molecule has 2 rings (SSSR count). The number of hydrogen-bond donors (Lipinski definition) is 1.